The van der Waals surface area contributed by atoms with E-state index in [1.54, 1.807) is 13.3 Å². The minimum Gasteiger partial charge on any atom is -0.497 e. The minimum absolute atomic E-state index is 0.601. The molecule has 0 unspecified atom stereocenters. The average molecular weight is 414 g/mol. The molecule has 1 heterocycles. The summed E-state index contributed by atoms with van der Waals surface area (Å²) in [4.78, 5) is 4.55. The number of rotatable bonds is 6. The Labute approximate surface area is 161 Å². The maximum atomic E-state index is 5.65. The maximum Gasteiger partial charge on any atom is 0.128 e. The van der Waals surface area contributed by atoms with Crippen LogP contribution in [0.15, 0.2) is 52.0 Å². The molecule has 2 aromatic carbocycles. The summed E-state index contributed by atoms with van der Waals surface area (Å²) < 4.78 is 11.9. The van der Waals surface area contributed by atoms with Crippen molar-refractivity contribution in [1.82, 2.24) is 4.98 Å². The molecule has 0 amide bonds. The Morgan fingerprint density at radius 2 is 2.04 bits per heavy atom. The predicted octanol–water partition coefficient (Wildman–Crippen LogP) is 5.16. The fraction of sp³-hybridized carbons (Fsp3) is 0.200. The van der Waals surface area contributed by atoms with Crippen molar-refractivity contribution < 1.29 is 9.47 Å². The zero-order valence-electron chi connectivity index (χ0n) is 14.9. The fourth-order valence-corrected chi connectivity index (χ4v) is 3.01. The van der Waals surface area contributed by atoms with E-state index in [0.717, 1.165) is 43.8 Å². The van der Waals surface area contributed by atoms with Gasteiger partial charge in [-0.05, 0) is 56.3 Å². The number of aromatic nitrogens is 1. The Bertz CT molecular complexity index is 957. The summed E-state index contributed by atoms with van der Waals surface area (Å²) >= 11 is 3.48. The molecule has 0 aliphatic carbocycles. The largest absolute Gasteiger partial charge is 0.497 e. The van der Waals surface area contributed by atoms with Crippen molar-refractivity contribution in [1.29, 1.82) is 0 Å². The molecule has 6 heteroatoms. The number of hydrazone groups is 1. The topological polar surface area (TPSA) is 55.7 Å². The number of hydrogen-bond acceptors (Lipinski definition) is 5. The van der Waals surface area contributed by atoms with Crippen LogP contribution in [0.5, 0.6) is 11.5 Å². The van der Waals surface area contributed by atoms with Gasteiger partial charge in [0.25, 0.3) is 0 Å². The van der Waals surface area contributed by atoms with Gasteiger partial charge in [0.05, 0.1) is 31.1 Å². The molecular formula is C20H20BrN3O2. The molecule has 3 aromatic rings. The SMILES string of the molecule is CCOc1ccc(Br)cc1/C=N\Nc1cc(C)nc2ccc(OC)cc12. The summed E-state index contributed by atoms with van der Waals surface area (Å²) in [5, 5.41) is 5.35. The molecule has 0 spiro atoms. The molecule has 0 aliphatic rings. The quantitative estimate of drug-likeness (QED) is 0.447. The van der Waals surface area contributed by atoms with Crippen LogP contribution in [0.3, 0.4) is 0 Å². The van der Waals surface area contributed by atoms with E-state index in [-0.39, 0.29) is 0 Å². The van der Waals surface area contributed by atoms with Gasteiger partial charge in [0.1, 0.15) is 11.5 Å². The number of benzene rings is 2. The van der Waals surface area contributed by atoms with Crippen LogP contribution < -0.4 is 14.9 Å². The van der Waals surface area contributed by atoms with Crippen molar-refractivity contribution in [2.75, 3.05) is 19.1 Å². The Hall–Kier alpha value is -2.60. The molecule has 0 fully saturated rings. The summed E-state index contributed by atoms with van der Waals surface area (Å²) in [6, 6.07) is 13.6. The highest BCUT2D eigenvalue weighted by Gasteiger charge is 2.06. The molecule has 1 aromatic heterocycles. The van der Waals surface area contributed by atoms with Crippen LogP contribution in [0.2, 0.25) is 0 Å². The third-order valence-corrected chi connectivity index (χ3v) is 4.30. The first-order chi connectivity index (χ1) is 12.6. The van der Waals surface area contributed by atoms with Crippen LogP contribution in [-0.2, 0) is 0 Å². The average Bonchev–Trinajstić information content (AvgIpc) is 2.63. The number of pyridine rings is 1. The third kappa shape index (κ3) is 4.14. The second-order valence-electron chi connectivity index (χ2n) is 5.68. The second kappa shape index (κ2) is 8.19. The van der Waals surface area contributed by atoms with E-state index >= 15 is 0 Å². The van der Waals surface area contributed by atoms with Crippen LogP contribution in [0.1, 0.15) is 18.2 Å². The summed E-state index contributed by atoms with van der Waals surface area (Å²) in [5.74, 6) is 1.57. The first-order valence-electron chi connectivity index (χ1n) is 8.27. The van der Waals surface area contributed by atoms with Crippen molar-refractivity contribution in [2.24, 2.45) is 5.10 Å². The highest BCUT2D eigenvalue weighted by atomic mass is 79.9. The normalized spacial score (nSPS) is 11.1. The molecule has 26 heavy (non-hydrogen) atoms. The van der Waals surface area contributed by atoms with Gasteiger partial charge in [0.15, 0.2) is 0 Å². The third-order valence-electron chi connectivity index (χ3n) is 3.80. The predicted molar refractivity (Wildman–Crippen MR) is 110 cm³/mol. The molecule has 0 atom stereocenters. The van der Waals surface area contributed by atoms with Gasteiger partial charge >= 0.3 is 0 Å². The van der Waals surface area contributed by atoms with Gasteiger partial charge < -0.3 is 9.47 Å². The van der Waals surface area contributed by atoms with Gasteiger partial charge in [0.2, 0.25) is 0 Å². The van der Waals surface area contributed by atoms with Gasteiger partial charge in [-0.25, -0.2) is 0 Å². The Morgan fingerprint density at radius 1 is 1.19 bits per heavy atom. The van der Waals surface area contributed by atoms with Crippen molar-refractivity contribution in [3.05, 3.63) is 58.2 Å². The van der Waals surface area contributed by atoms with Crippen LogP contribution >= 0.6 is 15.9 Å². The van der Waals surface area contributed by atoms with Crippen molar-refractivity contribution in [3.8, 4) is 11.5 Å². The Morgan fingerprint density at radius 3 is 2.81 bits per heavy atom. The van der Waals surface area contributed by atoms with Gasteiger partial charge in [0, 0.05) is 21.1 Å². The standard InChI is InChI=1S/C20H20BrN3O2/c1-4-26-20-8-5-15(21)10-14(20)12-22-24-19-9-13(2)23-18-7-6-16(25-3)11-17(18)19/h5-12H,4H2,1-3H3,(H,23,24)/b22-12-. The first-order valence-corrected chi connectivity index (χ1v) is 9.07. The molecule has 0 bridgehead atoms. The van der Waals surface area contributed by atoms with Crippen molar-refractivity contribution in [3.63, 3.8) is 0 Å². The highest BCUT2D eigenvalue weighted by Crippen LogP contribution is 2.27. The zero-order chi connectivity index (χ0) is 18.5. The summed E-state index contributed by atoms with van der Waals surface area (Å²) in [5.41, 5.74) is 6.69. The molecule has 134 valence electrons. The van der Waals surface area contributed by atoms with Crippen molar-refractivity contribution in [2.45, 2.75) is 13.8 Å². The molecule has 3 rings (SSSR count). The van der Waals surface area contributed by atoms with Gasteiger partial charge in [-0.15, -0.1) is 0 Å². The van der Waals surface area contributed by atoms with E-state index in [2.05, 4.69) is 31.4 Å². The molecule has 0 saturated carbocycles. The van der Waals surface area contributed by atoms with E-state index in [1.807, 2.05) is 56.3 Å². The Balaban J connectivity index is 1.92. The number of fused-ring (bicyclic) bond motifs is 1. The highest BCUT2D eigenvalue weighted by molar-refractivity contribution is 9.10. The van der Waals surface area contributed by atoms with E-state index in [9.17, 15) is 0 Å². The minimum atomic E-state index is 0.601. The molecule has 5 nitrogen and oxygen atoms in total. The lowest BCUT2D eigenvalue weighted by Crippen LogP contribution is -1.98. The summed E-state index contributed by atoms with van der Waals surface area (Å²) in [6.45, 7) is 4.52. The monoisotopic (exact) mass is 413 g/mol. The zero-order valence-corrected chi connectivity index (χ0v) is 16.5. The van der Waals surface area contributed by atoms with Gasteiger partial charge in [-0.1, -0.05) is 15.9 Å². The van der Waals surface area contributed by atoms with Gasteiger partial charge in [-0.2, -0.15) is 5.10 Å². The number of methoxy groups -OCH3 is 1. The van der Waals surface area contributed by atoms with E-state index in [0.29, 0.717) is 6.61 Å². The number of anilines is 1. The van der Waals surface area contributed by atoms with E-state index < -0.39 is 0 Å². The number of aryl methyl sites for hydroxylation is 1. The van der Waals surface area contributed by atoms with Crippen molar-refractivity contribution >= 4 is 38.7 Å². The van der Waals surface area contributed by atoms with Crippen LogP contribution in [-0.4, -0.2) is 24.9 Å². The molecule has 0 aliphatic heterocycles. The molecular weight excluding hydrogens is 394 g/mol. The van der Waals surface area contributed by atoms with Crippen LogP contribution in [0.25, 0.3) is 10.9 Å². The lowest BCUT2D eigenvalue weighted by atomic mass is 10.1. The molecule has 0 radical (unpaired) electrons. The van der Waals surface area contributed by atoms with E-state index in [4.69, 9.17) is 9.47 Å². The summed E-state index contributed by atoms with van der Waals surface area (Å²) in [7, 11) is 1.65. The Kier molecular flexibility index (Phi) is 5.73. The molecule has 0 saturated heterocycles. The number of nitrogens with zero attached hydrogens (tertiary/aromatic N) is 2. The first kappa shape index (κ1) is 18.2. The maximum absolute atomic E-state index is 5.65. The van der Waals surface area contributed by atoms with E-state index in [1.165, 1.54) is 0 Å². The summed E-state index contributed by atoms with van der Waals surface area (Å²) in [6.07, 6.45) is 1.75. The smallest absolute Gasteiger partial charge is 0.128 e. The molecule has 1 N–H and O–H groups in total. The number of hydrogen-bond donors (Lipinski definition) is 1. The number of ether oxygens (including phenoxy) is 2. The number of halogens is 1. The van der Waals surface area contributed by atoms with Gasteiger partial charge in [-0.3, -0.25) is 10.4 Å². The van der Waals surface area contributed by atoms with Crippen LogP contribution in [0.4, 0.5) is 5.69 Å². The second-order valence-corrected chi connectivity index (χ2v) is 6.60. The fourth-order valence-electron chi connectivity index (χ4n) is 2.64. The number of nitrogens with one attached hydrogen (secondary N) is 1. The van der Waals surface area contributed by atoms with Crippen LogP contribution in [0, 0.1) is 6.92 Å². The lowest BCUT2D eigenvalue weighted by Gasteiger charge is -2.10. The lowest BCUT2D eigenvalue weighted by molar-refractivity contribution is 0.339.